The van der Waals surface area contributed by atoms with Gasteiger partial charge in [0.15, 0.2) is 0 Å². The van der Waals surface area contributed by atoms with Gasteiger partial charge in [0.2, 0.25) is 52.6 Å². The lowest BCUT2D eigenvalue weighted by atomic mass is 10.2. The van der Waals surface area contributed by atoms with Crippen molar-refractivity contribution < 1.29 is 84.3 Å². The minimum absolute atomic E-state index is 0.00736. The lowest BCUT2D eigenvalue weighted by Gasteiger charge is -2.21. The summed E-state index contributed by atoms with van der Waals surface area (Å²) in [5.41, 5.74) is 0. The number of nitrogens with one attached hydrogen (secondary N) is 2. The van der Waals surface area contributed by atoms with Crippen LogP contribution in [-0.2, 0) is 57.6 Å². The number of carbonyl (C=O) groups is 11. The van der Waals surface area contributed by atoms with E-state index >= 15 is 0 Å². The molecule has 1 aromatic rings. The van der Waals surface area contributed by atoms with E-state index in [9.17, 15) is 74.7 Å². The third-order valence-corrected chi connectivity index (χ3v) is 9.73. The Morgan fingerprint density at radius 3 is 1.48 bits per heavy atom. The number of rotatable bonds is 15. The Morgan fingerprint density at radius 1 is 0.680 bits per heavy atom. The average molecular weight is 1070 g/mol. The number of hydroxylamine groups is 2. The highest BCUT2D eigenvalue weighted by Crippen LogP contribution is 2.29. The van der Waals surface area contributed by atoms with Gasteiger partial charge in [-0.25, -0.2) is 18.0 Å². The zero-order valence-corrected chi connectivity index (χ0v) is 45.0. The summed E-state index contributed by atoms with van der Waals surface area (Å²) >= 11 is 0. The molecule has 2 N–H and O–H groups in total. The van der Waals surface area contributed by atoms with Crippen LogP contribution in [0.2, 0.25) is 0 Å². The van der Waals surface area contributed by atoms with Crippen LogP contribution in [0.3, 0.4) is 0 Å². The molecule has 9 amide bonds. The Labute approximate surface area is 434 Å². The number of ether oxygens (including phenoxy) is 1. The molecule has 24 heteroatoms. The number of nitrogens with zero attached hydrogens (tertiary/aromatic N) is 4. The number of amides is 9. The van der Waals surface area contributed by atoms with Crippen molar-refractivity contribution in [3.63, 3.8) is 0 Å². The first-order valence-corrected chi connectivity index (χ1v) is 23.8. The van der Waals surface area contributed by atoms with Crippen LogP contribution in [0.5, 0.6) is 5.75 Å². The third kappa shape index (κ3) is 26.0. The van der Waals surface area contributed by atoms with E-state index in [-0.39, 0.29) is 104 Å². The SMILES string of the molecule is C#CCNC(=O)C(C)C.CC(C)C(=O)Oc1c(F)c(F)c(F)c(F)c1F.CC(C)N(C)C(=O)CCC(=O)ON1C(=O)CCC1=O.CC(C)N1C(=O)C=CC1=O.CC(C)NC(=O)CCN1C(=O)C=CC1=O.CCC(C)C. The molecule has 3 aliphatic rings. The van der Waals surface area contributed by atoms with Crippen LogP contribution in [0.15, 0.2) is 24.3 Å². The molecule has 0 atom stereocenters. The fraction of sp³-hybridized carbons (Fsp3) is 0.549. The molecule has 75 heavy (non-hydrogen) atoms. The first-order valence-electron chi connectivity index (χ1n) is 23.8. The van der Waals surface area contributed by atoms with E-state index in [2.05, 4.69) is 46.9 Å². The zero-order chi connectivity index (χ0) is 58.6. The number of halogens is 5. The molecule has 19 nitrogen and oxygen atoms in total. The highest BCUT2D eigenvalue weighted by molar-refractivity contribution is 6.13. The normalized spacial score (nSPS) is 13.4. The van der Waals surface area contributed by atoms with Crippen molar-refractivity contribution in [3.8, 4) is 18.1 Å². The average Bonchev–Trinajstić information content (AvgIpc) is 3.97. The fourth-order valence-corrected chi connectivity index (χ4v) is 4.89. The Kier molecular flexibility index (Phi) is 32.5. The molecule has 0 aliphatic carbocycles. The third-order valence-electron chi connectivity index (χ3n) is 9.73. The van der Waals surface area contributed by atoms with Gasteiger partial charge in [0.1, 0.15) is 0 Å². The van der Waals surface area contributed by atoms with Crippen LogP contribution in [-0.4, -0.2) is 123 Å². The van der Waals surface area contributed by atoms with Gasteiger partial charge in [-0.1, -0.05) is 60.8 Å². The van der Waals surface area contributed by atoms with E-state index in [0.717, 1.165) is 10.8 Å². The van der Waals surface area contributed by atoms with Gasteiger partial charge in [-0.05, 0) is 47.5 Å². The van der Waals surface area contributed by atoms with Crippen LogP contribution in [0.1, 0.15) is 129 Å². The van der Waals surface area contributed by atoms with E-state index < -0.39 is 64.5 Å². The van der Waals surface area contributed by atoms with Gasteiger partial charge in [0.25, 0.3) is 35.4 Å². The number of imide groups is 3. The number of benzene rings is 1. The molecule has 0 spiro atoms. The Hall–Kier alpha value is -7.32. The maximum atomic E-state index is 13.0. The van der Waals surface area contributed by atoms with E-state index in [0.29, 0.717) is 11.6 Å². The van der Waals surface area contributed by atoms with Crippen molar-refractivity contribution in [1.29, 1.82) is 0 Å². The molecule has 0 unspecified atom stereocenters. The predicted octanol–water partition coefficient (Wildman–Crippen LogP) is 5.77. The highest BCUT2D eigenvalue weighted by atomic mass is 19.2. The summed E-state index contributed by atoms with van der Waals surface area (Å²) in [5, 5.41) is 5.73. The number of hydrogen-bond donors (Lipinski definition) is 2. The standard InChI is InChI=1S/C12H18N2O5.C10H7F5O2.C10H14N2O3.C7H9NO2.C7H11NO.C5H12/c1-8(2)13(3)9(15)6-7-12(18)19-14-10(16)4-5-11(14)17;1-3(2)10(16)17-9-7(14)5(12)4(11)6(13)8(9)15;1-7(2)11-8(13)5-6-12-9(14)3-4-10(12)15;1-5(2)8-6(9)3-4-7(8)10;1-4-5-8-7(9)6(2)3;1-4-5(2)3/h8H,4-7H2,1-3H3;3H,1-2H3;3-4,7H,5-6H2,1-2H3,(H,11,13);3-5H,1-2H3;1,6H,5H2,2-3H3,(H,8,9);5H,4H2,1-3H3. The number of carbonyl (C=O) groups excluding carboxylic acids is 11. The summed E-state index contributed by atoms with van der Waals surface area (Å²) < 4.78 is 68.2. The van der Waals surface area contributed by atoms with E-state index in [4.69, 9.17) is 6.42 Å². The Morgan fingerprint density at radius 2 is 1.12 bits per heavy atom. The minimum Gasteiger partial charge on any atom is -0.420 e. The van der Waals surface area contributed by atoms with Gasteiger partial charge in [0, 0.05) is 87.6 Å². The van der Waals surface area contributed by atoms with E-state index in [1.54, 1.807) is 7.05 Å². The molecule has 0 aromatic heterocycles. The van der Waals surface area contributed by atoms with Crippen LogP contribution in [0, 0.1) is 59.2 Å². The van der Waals surface area contributed by atoms with Crippen LogP contribution >= 0.6 is 0 Å². The van der Waals surface area contributed by atoms with E-state index in [1.807, 2.05) is 55.4 Å². The summed E-state index contributed by atoms with van der Waals surface area (Å²) in [6, 6.07) is 0.0841. The maximum Gasteiger partial charge on any atom is 0.333 e. The molecule has 0 saturated carbocycles. The lowest BCUT2D eigenvalue weighted by Crippen LogP contribution is -2.36. The van der Waals surface area contributed by atoms with Crippen LogP contribution in [0.25, 0.3) is 0 Å². The number of esters is 1. The molecule has 4 rings (SSSR count). The summed E-state index contributed by atoms with van der Waals surface area (Å²) in [6.07, 6.45) is 11.3. The quantitative estimate of drug-likeness (QED) is 0.0404. The second-order valence-corrected chi connectivity index (χ2v) is 18.1. The zero-order valence-electron chi connectivity index (χ0n) is 45.0. The van der Waals surface area contributed by atoms with Gasteiger partial charge < -0.3 is 25.1 Å². The molecule has 3 aliphatic heterocycles. The molecular weight excluding hydrogens is 1000 g/mol. The van der Waals surface area contributed by atoms with Gasteiger partial charge in [-0.2, -0.15) is 8.78 Å². The molecule has 1 aromatic carbocycles. The molecule has 1 fully saturated rings. The van der Waals surface area contributed by atoms with Crippen LogP contribution in [0.4, 0.5) is 22.0 Å². The first kappa shape index (κ1) is 69.8. The van der Waals surface area contributed by atoms with Gasteiger partial charge in [0.05, 0.1) is 18.9 Å². The maximum absolute atomic E-state index is 13.0. The number of hydrogen-bond acceptors (Lipinski definition) is 13. The summed E-state index contributed by atoms with van der Waals surface area (Å²) in [6.45, 7) is 24.5. The van der Waals surface area contributed by atoms with Crippen molar-refractivity contribution >= 4 is 65.1 Å². The van der Waals surface area contributed by atoms with Gasteiger partial charge in [-0.15, -0.1) is 11.5 Å². The van der Waals surface area contributed by atoms with Crippen molar-refractivity contribution in [1.82, 2.24) is 30.4 Å². The molecule has 1 saturated heterocycles. The smallest absolute Gasteiger partial charge is 0.333 e. The van der Waals surface area contributed by atoms with Crippen molar-refractivity contribution in [2.45, 2.75) is 147 Å². The topological polar surface area (TPSA) is 243 Å². The summed E-state index contributed by atoms with van der Waals surface area (Å²) in [7, 11) is 1.64. The highest BCUT2D eigenvalue weighted by Gasteiger charge is 2.33. The molecule has 3 heterocycles. The molecule has 0 bridgehead atoms. The summed E-state index contributed by atoms with van der Waals surface area (Å²) in [5.74, 6) is -14.4. The Balaban J connectivity index is 0. The minimum atomic E-state index is -2.30. The largest absolute Gasteiger partial charge is 0.420 e. The molecule has 418 valence electrons. The van der Waals surface area contributed by atoms with Gasteiger partial charge >= 0.3 is 11.9 Å². The van der Waals surface area contributed by atoms with Crippen LogP contribution < -0.4 is 15.4 Å². The fourth-order valence-electron chi connectivity index (χ4n) is 4.89. The van der Waals surface area contributed by atoms with Crippen molar-refractivity contribution in [3.05, 3.63) is 53.4 Å². The number of terminal acetylenes is 1. The van der Waals surface area contributed by atoms with Crippen molar-refractivity contribution in [2.24, 2.45) is 17.8 Å². The van der Waals surface area contributed by atoms with Crippen molar-refractivity contribution in [2.75, 3.05) is 20.1 Å². The predicted molar refractivity (Wildman–Crippen MR) is 263 cm³/mol. The first-order chi connectivity index (χ1) is 34.7. The van der Waals surface area contributed by atoms with Gasteiger partial charge in [-0.3, -0.25) is 57.7 Å². The molecule has 0 radical (unpaired) electrons. The summed E-state index contributed by atoms with van der Waals surface area (Å²) in [4.78, 5) is 131. The van der Waals surface area contributed by atoms with E-state index in [1.165, 1.54) is 54.4 Å². The lowest BCUT2D eigenvalue weighted by molar-refractivity contribution is -0.197. The Bertz CT molecular complexity index is 2230. The second kappa shape index (κ2) is 35.0. The second-order valence-electron chi connectivity index (χ2n) is 18.1. The molecular formula is C51H71F5N6O13. The monoisotopic (exact) mass is 1070 g/mol.